The molecule has 2 fully saturated rings. The highest BCUT2D eigenvalue weighted by Gasteiger charge is 2.44. The van der Waals surface area contributed by atoms with Crippen molar-refractivity contribution in [3.05, 3.63) is 82.7 Å². The van der Waals surface area contributed by atoms with E-state index in [0.717, 1.165) is 29.1 Å². The largest absolute Gasteiger partial charge is 0.495 e. The van der Waals surface area contributed by atoms with Crippen molar-refractivity contribution in [2.24, 2.45) is 0 Å². The molecule has 204 valence electrons. The normalized spacial score (nSPS) is 20.3. The Morgan fingerprint density at radius 1 is 1.10 bits per heavy atom. The monoisotopic (exact) mass is 540 g/mol. The summed E-state index contributed by atoms with van der Waals surface area (Å²) in [6, 6.07) is 5.96. The van der Waals surface area contributed by atoms with Crippen LogP contribution in [-0.4, -0.2) is 64.7 Å². The second-order valence-corrected chi connectivity index (χ2v) is 9.62. The lowest BCUT2D eigenvalue weighted by molar-refractivity contribution is -0.138. The fourth-order valence-corrected chi connectivity index (χ4v) is 5.30. The zero-order valence-electron chi connectivity index (χ0n) is 21.7. The maximum Gasteiger partial charge on any atom is 0.409 e. The van der Waals surface area contributed by atoms with E-state index in [0.29, 0.717) is 24.2 Å². The van der Waals surface area contributed by atoms with Crippen LogP contribution in [0.3, 0.4) is 0 Å². The van der Waals surface area contributed by atoms with Crippen LogP contribution in [-0.2, 0) is 9.53 Å². The number of aromatic nitrogens is 2. The van der Waals surface area contributed by atoms with Gasteiger partial charge in [-0.3, -0.25) is 4.79 Å². The van der Waals surface area contributed by atoms with Gasteiger partial charge in [-0.1, -0.05) is 6.07 Å². The maximum absolute atomic E-state index is 14.2. The van der Waals surface area contributed by atoms with Gasteiger partial charge in [0.1, 0.15) is 5.75 Å². The highest BCUT2D eigenvalue weighted by atomic mass is 19.2. The number of fused-ring (bicyclic) bond motifs is 1. The van der Waals surface area contributed by atoms with Gasteiger partial charge in [0.15, 0.2) is 17.5 Å². The standard InChI is InChI=1S/C28H27F3N4O4/c1-16-12-34(15-32-16)23-7-4-17(9-25(23)38-2)8-18-5-6-20-13-33(28(37)39-3)14-24(35(20)27(18)36)19-10-21(29)26(31)22(30)11-19/h4,7-12,15,20,24H,5-6,13-14H2,1-3H3/t20-,24-/m0/s1. The van der Waals surface area contributed by atoms with Crippen molar-refractivity contribution in [3.63, 3.8) is 0 Å². The summed E-state index contributed by atoms with van der Waals surface area (Å²) in [6.07, 6.45) is 5.65. The van der Waals surface area contributed by atoms with Gasteiger partial charge in [-0.2, -0.15) is 0 Å². The van der Waals surface area contributed by atoms with Gasteiger partial charge in [0, 0.05) is 24.9 Å². The highest BCUT2D eigenvalue weighted by molar-refractivity contribution is 5.99. The molecule has 2 aromatic carbocycles. The third-order valence-corrected chi connectivity index (χ3v) is 7.17. The summed E-state index contributed by atoms with van der Waals surface area (Å²) in [5, 5.41) is 0. The number of imidazole rings is 1. The lowest BCUT2D eigenvalue weighted by Crippen LogP contribution is -2.59. The van der Waals surface area contributed by atoms with Crippen LogP contribution in [0.2, 0.25) is 0 Å². The minimum Gasteiger partial charge on any atom is -0.495 e. The molecule has 0 spiro atoms. The second-order valence-electron chi connectivity index (χ2n) is 9.62. The van der Waals surface area contributed by atoms with Gasteiger partial charge >= 0.3 is 6.09 Å². The quantitative estimate of drug-likeness (QED) is 0.351. The summed E-state index contributed by atoms with van der Waals surface area (Å²) in [5.74, 6) is -4.05. The molecule has 1 aromatic heterocycles. The fourth-order valence-electron chi connectivity index (χ4n) is 5.30. The topological polar surface area (TPSA) is 76.9 Å². The van der Waals surface area contributed by atoms with E-state index in [1.165, 1.54) is 12.0 Å². The van der Waals surface area contributed by atoms with Crippen molar-refractivity contribution in [3.8, 4) is 11.4 Å². The van der Waals surface area contributed by atoms with Crippen LogP contribution in [0.25, 0.3) is 11.8 Å². The van der Waals surface area contributed by atoms with E-state index in [2.05, 4.69) is 4.98 Å². The average molecular weight is 541 g/mol. The molecule has 2 amide bonds. The summed E-state index contributed by atoms with van der Waals surface area (Å²) >= 11 is 0. The number of methoxy groups -OCH3 is 2. The molecule has 39 heavy (non-hydrogen) atoms. The lowest BCUT2D eigenvalue weighted by Gasteiger charge is -2.49. The van der Waals surface area contributed by atoms with Crippen LogP contribution in [0.1, 0.15) is 35.7 Å². The Labute approximate surface area is 223 Å². The van der Waals surface area contributed by atoms with Crippen LogP contribution in [0.15, 0.2) is 48.4 Å². The number of nitrogens with zero attached hydrogens (tertiary/aromatic N) is 4. The van der Waals surface area contributed by atoms with Crippen LogP contribution < -0.4 is 4.74 Å². The van der Waals surface area contributed by atoms with Crippen LogP contribution >= 0.6 is 0 Å². The number of benzene rings is 2. The Kier molecular flexibility index (Phi) is 7.07. The number of hydrogen-bond donors (Lipinski definition) is 0. The van der Waals surface area contributed by atoms with E-state index in [1.807, 2.05) is 35.9 Å². The first-order chi connectivity index (χ1) is 18.7. The van der Waals surface area contributed by atoms with Gasteiger partial charge in [0.25, 0.3) is 5.91 Å². The number of carbonyl (C=O) groups is 2. The molecule has 2 saturated heterocycles. The number of hydrogen-bond acceptors (Lipinski definition) is 5. The van der Waals surface area contributed by atoms with Gasteiger partial charge in [-0.15, -0.1) is 0 Å². The van der Waals surface area contributed by atoms with Gasteiger partial charge in [0.05, 0.1) is 44.0 Å². The molecule has 0 saturated carbocycles. The number of ether oxygens (including phenoxy) is 2. The van der Waals surface area contributed by atoms with Crippen molar-refractivity contribution in [2.75, 3.05) is 27.3 Å². The van der Waals surface area contributed by atoms with Crippen molar-refractivity contribution in [1.29, 1.82) is 0 Å². The Morgan fingerprint density at radius 3 is 2.49 bits per heavy atom. The van der Waals surface area contributed by atoms with Crippen molar-refractivity contribution in [1.82, 2.24) is 19.4 Å². The predicted octanol–water partition coefficient (Wildman–Crippen LogP) is 4.80. The molecule has 0 unspecified atom stereocenters. The summed E-state index contributed by atoms with van der Waals surface area (Å²) in [7, 11) is 2.80. The molecule has 0 N–H and O–H groups in total. The minimum absolute atomic E-state index is 0.0560. The zero-order valence-corrected chi connectivity index (χ0v) is 21.7. The second kappa shape index (κ2) is 10.5. The van der Waals surface area contributed by atoms with Crippen molar-refractivity contribution < 1.29 is 32.2 Å². The summed E-state index contributed by atoms with van der Waals surface area (Å²) < 4.78 is 54.3. The Hall–Kier alpha value is -4.28. The first-order valence-electron chi connectivity index (χ1n) is 12.4. The molecule has 3 heterocycles. The molecular formula is C28H27F3N4O4. The molecule has 0 bridgehead atoms. The average Bonchev–Trinajstić information content (AvgIpc) is 3.37. The Morgan fingerprint density at radius 2 is 1.85 bits per heavy atom. The molecule has 3 aromatic rings. The first kappa shape index (κ1) is 26.3. The van der Waals surface area contributed by atoms with E-state index in [4.69, 9.17) is 9.47 Å². The number of aryl methyl sites for hydroxylation is 1. The van der Waals surface area contributed by atoms with Crippen molar-refractivity contribution in [2.45, 2.75) is 31.8 Å². The SMILES string of the molecule is COC(=O)N1C[C@@H]2CCC(=Cc3ccc(-n4cnc(C)c4)c(OC)c3)C(=O)N2[C@H](c2cc(F)c(F)c(F)c2)C1. The molecular weight excluding hydrogens is 513 g/mol. The van der Waals surface area contributed by atoms with Crippen LogP contribution in [0.5, 0.6) is 5.75 Å². The van der Waals surface area contributed by atoms with Gasteiger partial charge < -0.3 is 23.8 Å². The molecule has 2 atom stereocenters. The highest BCUT2D eigenvalue weighted by Crippen LogP contribution is 2.38. The Balaban J connectivity index is 1.49. The third kappa shape index (κ3) is 4.96. The van der Waals surface area contributed by atoms with Gasteiger partial charge in [0.2, 0.25) is 0 Å². The van der Waals surface area contributed by atoms with Crippen LogP contribution in [0.4, 0.5) is 18.0 Å². The lowest BCUT2D eigenvalue weighted by atomic mass is 9.89. The maximum atomic E-state index is 14.2. The molecule has 8 nitrogen and oxygen atoms in total. The van der Waals surface area contributed by atoms with Gasteiger partial charge in [-0.25, -0.2) is 22.9 Å². The van der Waals surface area contributed by atoms with E-state index in [9.17, 15) is 22.8 Å². The molecule has 2 aliphatic rings. The number of piperazine rings is 1. The number of amides is 2. The molecule has 2 aliphatic heterocycles. The van der Waals surface area contributed by atoms with E-state index < -0.39 is 35.6 Å². The zero-order chi connectivity index (χ0) is 27.8. The molecule has 0 aliphatic carbocycles. The number of carbonyl (C=O) groups excluding carboxylic acids is 2. The van der Waals surface area contributed by atoms with E-state index in [-0.39, 0.29) is 24.6 Å². The Bertz CT molecular complexity index is 1450. The molecule has 0 radical (unpaired) electrons. The smallest absolute Gasteiger partial charge is 0.409 e. The van der Waals surface area contributed by atoms with Crippen LogP contribution in [0, 0.1) is 24.4 Å². The molecule has 5 rings (SSSR count). The third-order valence-electron chi connectivity index (χ3n) is 7.17. The summed E-state index contributed by atoms with van der Waals surface area (Å²) in [6.45, 7) is 2.04. The molecule has 11 heteroatoms. The predicted molar refractivity (Wildman–Crippen MR) is 136 cm³/mol. The fraction of sp³-hybridized carbons (Fsp3) is 0.321. The van der Waals surface area contributed by atoms with Crippen molar-refractivity contribution >= 4 is 18.1 Å². The number of piperidine rings is 1. The van der Waals surface area contributed by atoms with Gasteiger partial charge in [-0.05, 0) is 61.2 Å². The first-order valence-corrected chi connectivity index (χ1v) is 12.4. The number of halogens is 3. The van der Waals surface area contributed by atoms with E-state index in [1.54, 1.807) is 24.4 Å². The number of rotatable bonds is 4. The summed E-state index contributed by atoms with van der Waals surface area (Å²) in [5.41, 5.74) is 2.93. The van der Waals surface area contributed by atoms with E-state index >= 15 is 0 Å². The minimum atomic E-state index is -1.59. The summed E-state index contributed by atoms with van der Waals surface area (Å²) in [4.78, 5) is 33.3.